The molecule has 0 saturated carbocycles. The molecule has 1 amide bonds. The Hall–Kier alpha value is -1.82. The number of carbonyl (C=O) groups is 1. The quantitative estimate of drug-likeness (QED) is 0.773. The van der Waals surface area contributed by atoms with E-state index in [1.54, 1.807) is 11.8 Å². The number of nitrogens with zero attached hydrogens (tertiary/aromatic N) is 4. The van der Waals surface area contributed by atoms with E-state index in [1.165, 1.54) is 11.3 Å². The van der Waals surface area contributed by atoms with Crippen molar-refractivity contribution < 1.29 is 4.79 Å². The van der Waals surface area contributed by atoms with Crippen molar-refractivity contribution in [2.45, 2.75) is 49.5 Å². The van der Waals surface area contributed by atoms with E-state index < -0.39 is 0 Å². The molecule has 3 heterocycles. The van der Waals surface area contributed by atoms with Crippen LogP contribution in [0.1, 0.15) is 43.3 Å². The maximum absolute atomic E-state index is 12.4. The Kier molecular flexibility index (Phi) is 5.06. The van der Waals surface area contributed by atoms with Crippen molar-refractivity contribution in [3.63, 3.8) is 0 Å². The summed E-state index contributed by atoms with van der Waals surface area (Å²) in [6.45, 7) is 2.76. The normalized spacial score (nSPS) is 17.7. The molecule has 0 radical (unpaired) electrons. The lowest BCUT2D eigenvalue weighted by molar-refractivity contribution is -0.131. The van der Waals surface area contributed by atoms with Gasteiger partial charge in [0.05, 0.1) is 0 Å². The minimum Gasteiger partial charge on any atom is -0.343 e. The summed E-state index contributed by atoms with van der Waals surface area (Å²) in [5, 5.41) is 8.75. The molecular weight excluding hydrogens is 332 g/mol. The molecule has 2 aliphatic rings. The van der Waals surface area contributed by atoms with E-state index in [-0.39, 0.29) is 5.91 Å². The van der Waals surface area contributed by atoms with Crippen molar-refractivity contribution in [1.82, 2.24) is 19.7 Å². The zero-order valence-corrected chi connectivity index (χ0v) is 15.2. The summed E-state index contributed by atoms with van der Waals surface area (Å²) in [4.78, 5) is 15.7. The summed E-state index contributed by atoms with van der Waals surface area (Å²) in [6.07, 6.45) is 4.88. The van der Waals surface area contributed by atoms with Crippen molar-refractivity contribution in [1.29, 1.82) is 0 Å². The summed E-state index contributed by atoms with van der Waals surface area (Å²) in [7, 11) is 0. The van der Waals surface area contributed by atoms with E-state index in [9.17, 15) is 4.79 Å². The number of carbonyl (C=O) groups excluding carboxylic acids is 1. The third-order valence-corrected chi connectivity index (χ3v) is 6.19. The van der Waals surface area contributed by atoms with Crippen molar-refractivity contribution in [2.75, 3.05) is 18.8 Å². The van der Waals surface area contributed by atoms with E-state index in [0.717, 1.165) is 56.3 Å². The largest absolute Gasteiger partial charge is 0.343 e. The summed E-state index contributed by atoms with van der Waals surface area (Å²) in [5.41, 5.74) is 0. The van der Waals surface area contributed by atoms with Gasteiger partial charge in [-0.3, -0.25) is 4.79 Å². The fraction of sp³-hybridized carbons (Fsp3) is 0.526. The minimum absolute atomic E-state index is 0.286. The molecule has 0 bridgehead atoms. The SMILES string of the molecule is O=C(CCSc1ccccc1)N1CCC(c2nnc3n2CCC3)CC1. The highest BCUT2D eigenvalue weighted by Crippen LogP contribution is 2.29. The van der Waals surface area contributed by atoms with Crippen molar-refractivity contribution in [2.24, 2.45) is 0 Å². The van der Waals surface area contributed by atoms with E-state index in [1.807, 2.05) is 23.1 Å². The lowest BCUT2D eigenvalue weighted by Gasteiger charge is -2.31. The van der Waals surface area contributed by atoms with Gasteiger partial charge in [0.25, 0.3) is 0 Å². The molecule has 1 fully saturated rings. The van der Waals surface area contributed by atoms with Crippen molar-refractivity contribution in [3.8, 4) is 0 Å². The van der Waals surface area contributed by atoms with Gasteiger partial charge < -0.3 is 9.47 Å². The minimum atomic E-state index is 0.286. The first kappa shape index (κ1) is 16.6. The monoisotopic (exact) mass is 356 g/mol. The fourth-order valence-corrected chi connectivity index (χ4v) is 4.66. The molecule has 5 nitrogen and oxygen atoms in total. The third-order valence-electron chi connectivity index (χ3n) is 5.18. The van der Waals surface area contributed by atoms with Crippen LogP contribution in [0.2, 0.25) is 0 Å². The number of amides is 1. The molecule has 4 rings (SSSR count). The summed E-state index contributed by atoms with van der Waals surface area (Å²) >= 11 is 1.76. The second kappa shape index (κ2) is 7.60. The Labute approximate surface area is 152 Å². The number of piperidine rings is 1. The molecule has 2 aliphatic heterocycles. The highest BCUT2D eigenvalue weighted by Gasteiger charge is 2.29. The van der Waals surface area contributed by atoms with Crippen LogP contribution >= 0.6 is 11.8 Å². The van der Waals surface area contributed by atoms with Gasteiger partial charge in [0.15, 0.2) is 0 Å². The van der Waals surface area contributed by atoms with E-state index >= 15 is 0 Å². The lowest BCUT2D eigenvalue weighted by Crippen LogP contribution is -2.38. The molecule has 1 aromatic heterocycles. The smallest absolute Gasteiger partial charge is 0.223 e. The van der Waals surface area contributed by atoms with Gasteiger partial charge in [-0.15, -0.1) is 22.0 Å². The lowest BCUT2D eigenvalue weighted by atomic mass is 9.95. The number of hydrogen-bond acceptors (Lipinski definition) is 4. The van der Waals surface area contributed by atoms with Crippen LogP contribution in [0.5, 0.6) is 0 Å². The second-order valence-corrected chi connectivity index (χ2v) is 7.96. The molecule has 25 heavy (non-hydrogen) atoms. The summed E-state index contributed by atoms with van der Waals surface area (Å²) < 4.78 is 2.30. The van der Waals surface area contributed by atoms with Gasteiger partial charge in [0.2, 0.25) is 5.91 Å². The molecular formula is C19H24N4OS. The molecule has 0 spiro atoms. The zero-order valence-electron chi connectivity index (χ0n) is 14.4. The molecule has 0 unspecified atom stereocenters. The Morgan fingerprint density at radius 1 is 1.12 bits per heavy atom. The van der Waals surface area contributed by atoms with Gasteiger partial charge in [-0.2, -0.15) is 0 Å². The Balaban J connectivity index is 1.25. The average molecular weight is 356 g/mol. The van der Waals surface area contributed by atoms with Gasteiger partial charge in [-0.05, 0) is 31.4 Å². The number of likely N-dealkylation sites (tertiary alicyclic amines) is 1. The zero-order chi connectivity index (χ0) is 17.1. The van der Waals surface area contributed by atoms with E-state index in [0.29, 0.717) is 12.3 Å². The number of rotatable bonds is 5. The Morgan fingerprint density at radius 3 is 2.72 bits per heavy atom. The number of benzene rings is 1. The topological polar surface area (TPSA) is 51.0 Å². The Morgan fingerprint density at radius 2 is 1.92 bits per heavy atom. The fourth-order valence-electron chi connectivity index (χ4n) is 3.79. The molecule has 0 atom stereocenters. The van der Waals surface area contributed by atoms with Crippen LogP contribution in [-0.2, 0) is 17.8 Å². The molecule has 132 valence electrons. The van der Waals surface area contributed by atoms with Crippen LogP contribution in [0.25, 0.3) is 0 Å². The van der Waals surface area contributed by atoms with Crippen LogP contribution in [0, 0.1) is 0 Å². The Bertz CT molecular complexity index is 722. The average Bonchev–Trinajstić information content (AvgIpc) is 3.26. The summed E-state index contributed by atoms with van der Waals surface area (Å²) in [5.74, 6) is 3.89. The van der Waals surface area contributed by atoms with Crippen molar-refractivity contribution in [3.05, 3.63) is 42.0 Å². The standard InChI is InChI=1S/C19H24N4OS/c24-18(10-14-25-16-5-2-1-3-6-16)22-12-8-15(9-13-22)19-21-20-17-7-4-11-23(17)19/h1-3,5-6,15H,4,7-14H2. The maximum Gasteiger partial charge on any atom is 0.223 e. The third kappa shape index (κ3) is 3.73. The number of thioether (sulfide) groups is 1. The highest BCUT2D eigenvalue weighted by molar-refractivity contribution is 7.99. The van der Waals surface area contributed by atoms with Crippen molar-refractivity contribution >= 4 is 17.7 Å². The second-order valence-electron chi connectivity index (χ2n) is 6.80. The maximum atomic E-state index is 12.4. The first-order chi connectivity index (χ1) is 12.3. The number of aromatic nitrogens is 3. The first-order valence-corrected chi connectivity index (χ1v) is 10.2. The van der Waals surface area contributed by atoms with Crippen LogP contribution in [0.3, 0.4) is 0 Å². The summed E-state index contributed by atoms with van der Waals surface area (Å²) in [6, 6.07) is 10.3. The van der Waals surface area contributed by atoms with Crippen LogP contribution in [-0.4, -0.2) is 44.4 Å². The molecule has 1 aromatic carbocycles. The van der Waals surface area contributed by atoms with Gasteiger partial charge in [0.1, 0.15) is 11.6 Å². The van der Waals surface area contributed by atoms with Gasteiger partial charge in [-0.1, -0.05) is 18.2 Å². The molecule has 2 aromatic rings. The number of fused-ring (bicyclic) bond motifs is 1. The van der Waals surface area contributed by atoms with E-state index in [2.05, 4.69) is 26.9 Å². The molecule has 1 saturated heterocycles. The van der Waals surface area contributed by atoms with Gasteiger partial charge >= 0.3 is 0 Å². The van der Waals surface area contributed by atoms with E-state index in [4.69, 9.17) is 0 Å². The number of hydrogen-bond donors (Lipinski definition) is 0. The predicted octanol–water partition coefficient (Wildman–Crippen LogP) is 3.11. The predicted molar refractivity (Wildman–Crippen MR) is 98.7 cm³/mol. The van der Waals surface area contributed by atoms with Crippen LogP contribution in [0.4, 0.5) is 0 Å². The molecule has 0 N–H and O–H groups in total. The van der Waals surface area contributed by atoms with Gasteiger partial charge in [-0.25, -0.2) is 0 Å². The number of aryl methyl sites for hydroxylation is 1. The molecule has 6 heteroatoms. The van der Waals surface area contributed by atoms with Crippen LogP contribution < -0.4 is 0 Å². The molecule has 0 aliphatic carbocycles. The highest BCUT2D eigenvalue weighted by atomic mass is 32.2. The van der Waals surface area contributed by atoms with Crippen LogP contribution in [0.15, 0.2) is 35.2 Å². The first-order valence-electron chi connectivity index (χ1n) is 9.19. The van der Waals surface area contributed by atoms with Gasteiger partial charge in [0, 0.05) is 49.0 Å².